The van der Waals surface area contributed by atoms with E-state index in [2.05, 4.69) is 44.0 Å². The molecule has 0 aromatic heterocycles. The number of fused-ring (bicyclic) bond motifs is 1. The SMILES string of the molecule is CC1=c2ccc(C)cc2=NC1C. The normalized spacial score (nSPS) is 20.6. The van der Waals surface area contributed by atoms with E-state index in [1.54, 1.807) is 0 Å². The van der Waals surface area contributed by atoms with Crippen molar-refractivity contribution < 1.29 is 0 Å². The summed E-state index contributed by atoms with van der Waals surface area (Å²) in [5, 5.41) is 2.49. The molecular formula is C11H13N. The predicted octanol–water partition coefficient (Wildman–Crippen LogP) is 1.19. The first-order chi connectivity index (χ1) is 5.68. The van der Waals surface area contributed by atoms with Crippen molar-refractivity contribution in [2.75, 3.05) is 0 Å². The Morgan fingerprint density at radius 2 is 2.00 bits per heavy atom. The molecule has 0 fully saturated rings. The van der Waals surface area contributed by atoms with Gasteiger partial charge in [-0.1, -0.05) is 12.1 Å². The Balaban J connectivity index is 2.85. The summed E-state index contributed by atoms with van der Waals surface area (Å²) in [6.45, 7) is 6.41. The Bertz CT molecular complexity index is 429. The van der Waals surface area contributed by atoms with E-state index < -0.39 is 0 Å². The monoisotopic (exact) mass is 159 g/mol. The minimum Gasteiger partial charge on any atom is -0.277 e. The van der Waals surface area contributed by atoms with Crippen LogP contribution in [-0.2, 0) is 0 Å². The molecule has 0 saturated carbocycles. The van der Waals surface area contributed by atoms with E-state index in [9.17, 15) is 0 Å². The zero-order valence-corrected chi connectivity index (χ0v) is 7.76. The van der Waals surface area contributed by atoms with Gasteiger partial charge >= 0.3 is 0 Å². The van der Waals surface area contributed by atoms with Gasteiger partial charge in [0, 0.05) is 5.22 Å². The molecule has 0 spiro atoms. The third-order valence-corrected chi connectivity index (χ3v) is 2.54. The maximum absolute atomic E-state index is 4.56. The van der Waals surface area contributed by atoms with Gasteiger partial charge in [-0.05, 0) is 38.0 Å². The Morgan fingerprint density at radius 1 is 1.25 bits per heavy atom. The summed E-state index contributed by atoms with van der Waals surface area (Å²) in [6, 6.07) is 6.85. The highest BCUT2D eigenvalue weighted by Gasteiger charge is 2.09. The number of rotatable bonds is 0. The predicted molar refractivity (Wildman–Crippen MR) is 50.5 cm³/mol. The minimum absolute atomic E-state index is 0.377. The molecule has 1 aliphatic heterocycles. The van der Waals surface area contributed by atoms with Gasteiger partial charge in [-0.25, -0.2) is 0 Å². The highest BCUT2D eigenvalue weighted by atomic mass is 14.8. The van der Waals surface area contributed by atoms with Crippen molar-refractivity contribution in [3.63, 3.8) is 0 Å². The van der Waals surface area contributed by atoms with Crippen molar-refractivity contribution in [3.8, 4) is 0 Å². The summed E-state index contributed by atoms with van der Waals surface area (Å²) >= 11 is 0. The molecule has 0 saturated heterocycles. The van der Waals surface area contributed by atoms with Crippen LogP contribution in [0.15, 0.2) is 23.2 Å². The molecule has 0 N–H and O–H groups in total. The van der Waals surface area contributed by atoms with E-state index in [1.807, 2.05) is 0 Å². The van der Waals surface area contributed by atoms with Crippen molar-refractivity contribution in [2.24, 2.45) is 4.99 Å². The van der Waals surface area contributed by atoms with Crippen LogP contribution >= 0.6 is 0 Å². The van der Waals surface area contributed by atoms with Crippen molar-refractivity contribution in [2.45, 2.75) is 26.8 Å². The second-order valence-electron chi connectivity index (χ2n) is 3.51. The Kier molecular flexibility index (Phi) is 1.53. The number of hydrogen-bond acceptors (Lipinski definition) is 1. The van der Waals surface area contributed by atoms with Crippen molar-refractivity contribution in [1.82, 2.24) is 0 Å². The topological polar surface area (TPSA) is 12.4 Å². The van der Waals surface area contributed by atoms with Crippen LogP contribution in [0.2, 0.25) is 0 Å². The summed E-state index contributed by atoms with van der Waals surface area (Å²) in [6.07, 6.45) is 0. The lowest BCUT2D eigenvalue weighted by molar-refractivity contribution is 0.926. The fourth-order valence-electron chi connectivity index (χ4n) is 1.61. The first kappa shape index (κ1) is 7.53. The third kappa shape index (κ3) is 0.970. The molecule has 1 atom stereocenters. The second-order valence-corrected chi connectivity index (χ2v) is 3.51. The van der Waals surface area contributed by atoms with Gasteiger partial charge in [-0.2, -0.15) is 0 Å². The fraction of sp³-hybridized carbons (Fsp3) is 0.364. The molecule has 0 radical (unpaired) electrons. The van der Waals surface area contributed by atoms with E-state index >= 15 is 0 Å². The number of benzene rings is 1. The largest absolute Gasteiger partial charge is 0.277 e. The Morgan fingerprint density at radius 3 is 2.75 bits per heavy atom. The molecule has 0 bridgehead atoms. The number of hydrogen-bond donors (Lipinski definition) is 0. The number of aryl methyl sites for hydroxylation is 1. The van der Waals surface area contributed by atoms with Crippen LogP contribution < -0.4 is 10.6 Å². The van der Waals surface area contributed by atoms with Crippen LogP contribution in [0.25, 0.3) is 5.57 Å². The zero-order valence-electron chi connectivity index (χ0n) is 7.76. The fourth-order valence-corrected chi connectivity index (χ4v) is 1.61. The van der Waals surface area contributed by atoms with Crippen LogP contribution in [-0.4, -0.2) is 6.04 Å². The standard InChI is InChI=1S/C11H13N/c1-7-4-5-10-8(2)9(3)12-11(10)6-7/h4-6,9H,1-3H3. The summed E-state index contributed by atoms with van der Waals surface area (Å²) in [4.78, 5) is 4.56. The maximum atomic E-state index is 4.56. The molecule has 1 nitrogen and oxygen atoms in total. The van der Waals surface area contributed by atoms with Gasteiger partial charge < -0.3 is 0 Å². The van der Waals surface area contributed by atoms with Crippen molar-refractivity contribution in [3.05, 3.63) is 34.3 Å². The van der Waals surface area contributed by atoms with Crippen LogP contribution in [0.3, 0.4) is 0 Å². The molecule has 1 unspecified atom stereocenters. The lowest BCUT2D eigenvalue weighted by atomic mass is 10.1. The lowest BCUT2D eigenvalue weighted by Crippen LogP contribution is -2.22. The van der Waals surface area contributed by atoms with E-state index in [4.69, 9.17) is 0 Å². The van der Waals surface area contributed by atoms with Gasteiger partial charge in [0.1, 0.15) is 0 Å². The summed E-state index contributed by atoms with van der Waals surface area (Å²) in [5.41, 5.74) is 2.68. The average molecular weight is 159 g/mol. The molecule has 1 heterocycles. The van der Waals surface area contributed by atoms with E-state index in [0.29, 0.717) is 6.04 Å². The second kappa shape index (κ2) is 2.44. The summed E-state index contributed by atoms with van der Waals surface area (Å²) in [5.74, 6) is 0. The maximum Gasteiger partial charge on any atom is 0.0695 e. The highest BCUT2D eigenvalue weighted by molar-refractivity contribution is 5.50. The van der Waals surface area contributed by atoms with Crippen molar-refractivity contribution >= 4 is 5.57 Å². The molecule has 2 rings (SSSR count). The molecule has 0 amide bonds. The average Bonchev–Trinajstić information content (AvgIpc) is 2.28. The van der Waals surface area contributed by atoms with Gasteiger partial charge in [-0.3, -0.25) is 4.99 Å². The van der Waals surface area contributed by atoms with Gasteiger partial charge in [0.15, 0.2) is 0 Å². The molecular weight excluding hydrogens is 146 g/mol. The van der Waals surface area contributed by atoms with Gasteiger partial charge in [-0.15, -0.1) is 0 Å². The summed E-state index contributed by atoms with van der Waals surface area (Å²) < 4.78 is 0. The highest BCUT2D eigenvalue weighted by Crippen LogP contribution is 2.06. The lowest BCUT2D eigenvalue weighted by Gasteiger charge is -1.97. The van der Waals surface area contributed by atoms with Crippen LogP contribution in [0.5, 0.6) is 0 Å². The summed E-state index contributed by atoms with van der Waals surface area (Å²) in [7, 11) is 0. The molecule has 1 aromatic carbocycles. The van der Waals surface area contributed by atoms with Crippen LogP contribution in [0.4, 0.5) is 0 Å². The van der Waals surface area contributed by atoms with E-state index in [1.165, 1.54) is 21.7 Å². The quantitative estimate of drug-likeness (QED) is 0.539. The minimum atomic E-state index is 0.377. The third-order valence-electron chi connectivity index (χ3n) is 2.54. The Hall–Kier alpha value is -1.11. The molecule has 1 aromatic rings. The van der Waals surface area contributed by atoms with E-state index in [0.717, 1.165) is 0 Å². The first-order valence-corrected chi connectivity index (χ1v) is 4.34. The van der Waals surface area contributed by atoms with Gasteiger partial charge in [0.05, 0.1) is 11.4 Å². The molecule has 12 heavy (non-hydrogen) atoms. The Labute approximate surface area is 72.5 Å². The van der Waals surface area contributed by atoms with Crippen molar-refractivity contribution in [1.29, 1.82) is 0 Å². The first-order valence-electron chi connectivity index (χ1n) is 4.34. The van der Waals surface area contributed by atoms with Gasteiger partial charge in [0.25, 0.3) is 0 Å². The van der Waals surface area contributed by atoms with Gasteiger partial charge in [0.2, 0.25) is 0 Å². The zero-order chi connectivity index (χ0) is 8.72. The molecule has 62 valence electrons. The molecule has 1 aliphatic rings. The smallest absolute Gasteiger partial charge is 0.0695 e. The number of nitrogens with zero attached hydrogens (tertiary/aromatic N) is 1. The molecule has 1 heteroatoms. The molecule has 0 aliphatic carbocycles. The van der Waals surface area contributed by atoms with Crippen LogP contribution in [0, 0.1) is 6.92 Å². The van der Waals surface area contributed by atoms with E-state index in [-0.39, 0.29) is 0 Å². The van der Waals surface area contributed by atoms with Crippen LogP contribution in [0.1, 0.15) is 19.4 Å².